The molecule has 2 aliphatic heterocycles. The Balaban J connectivity index is 1.43. The molecule has 0 N–H and O–H groups in total. The van der Waals surface area contributed by atoms with Crippen LogP contribution in [0.2, 0.25) is 0 Å². The lowest BCUT2D eigenvalue weighted by atomic mass is 9.77. The first-order valence-corrected chi connectivity index (χ1v) is 10.2. The fraction of sp³-hybridized carbons (Fsp3) is 0.750. The van der Waals surface area contributed by atoms with Crippen molar-refractivity contribution in [3.05, 3.63) is 18.2 Å². The minimum Gasteiger partial charge on any atom is -0.340 e. The summed E-state index contributed by atoms with van der Waals surface area (Å²) >= 11 is 0. The SMILES string of the molecule is Cc1nccn1CC(=O)N1CCC2(CCCN(C3CCCCC3)C2=O)C1. The van der Waals surface area contributed by atoms with Crippen molar-refractivity contribution in [1.29, 1.82) is 0 Å². The minimum absolute atomic E-state index is 0.102. The molecule has 6 nitrogen and oxygen atoms in total. The number of aryl methyl sites for hydroxylation is 1. The summed E-state index contributed by atoms with van der Waals surface area (Å²) < 4.78 is 1.88. The molecule has 3 heterocycles. The molecule has 3 fully saturated rings. The van der Waals surface area contributed by atoms with E-state index in [1.165, 1.54) is 19.3 Å². The number of carbonyl (C=O) groups is 2. The Hall–Kier alpha value is -1.85. The van der Waals surface area contributed by atoms with Gasteiger partial charge in [0.2, 0.25) is 11.8 Å². The van der Waals surface area contributed by atoms with Gasteiger partial charge in [-0.1, -0.05) is 19.3 Å². The summed E-state index contributed by atoms with van der Waals surface area (Å²) in [6.45, 7) is 4.44. The van der Waals surface area contributed by atoms with Crippen LogP contribution >= 0.6 is 0 Å². The van der Waals surface area contributed by atoms with Gasteiger partial charge >= 0.3 is 0 Å². The first-order valence-electron chi connectivity index (χ1n) is 10.2. The molecular formula is C20H30N4O2. The zero-order valence-corrected chi connectivity index (χ0v) is 15.8. The van der Waals surface area contributed by atoms with Gasteiger partial charge < -0.3 is 14.4 Å². The van der Waals surface area contributed by atoms with Crippen molar-refractivity contribution in [3.63, 3.8) is 0 Å². The van der Waals surface area contributed by atoms with E-state index in [1.54, 1.807) is 6.20 Å². The smallest absolute Gasteiger partial charge is 0.242 e. The Morgan fingerprint density at radius 1 is 1.19 bits per heavy atom. The van der Waals surface area contributed by atoms with Crippen LogP contribution in [0.3, 0.4) is 0 Å². The van der Waals surface area contributed by atoms with Gasteiger partial charge in [-0.25, -0.2) is 4.98 Å². The number of carbonyl (C=O) groups excluding carboxylic acids is 2. The van der Waals surface area contributed by atoms with Gasteiger partial charge in [0.25, 0.3) is 0 Å². The Morgan fingerprint density at radius 2 is 2.00 bits per heavy atom. The van der Waals surface area contributed by atoms with Crippen LogP contribution in [0.25, 0.3) is 0 Å². The topological polar surface area (TPSA) is 58.4 Å². The summed E-state index contributed by atoms with van der Waals surface area (Å²) in [6.07, 6.45) is 12.5. The van der Waals surface area contributed by atoms with Gasteiger partial charge in [0.05, 0.1) is 5.41 Å². The number of aromatic nitrogens is 2. The second-order valence-corrected chi connectivity index (χ2v) is 8.34. The van der Waals surface area contributed by atoms with Crippen molar-refractivity contribution in [2.75, 3.05) is 19.6 Å². The van der Waals surface area contributed by atoms with E-state index in [0.717, 1.165) is 44.5 Å². The van der Waals surface area contributed by atoms with E-state index in [-0.39, 0.29) is 11.3 Å². The quantitative estimate of drug-likeness (QED) is 0.833. The number of hydrogen-bond acceptors (Lipinski definition) is 3. The highest BCUT2D eigenvalue weighted by atomic mass is 16.2. The number of likely N-dealkylation sites (tertiary alicyclic amines) is 2. The Labute approximate surface area is 155 Å². The van der Waals surface area contributed by atoms with Gasteiger partial charge in [-0.15, -0.1) is 0 Å². The molecule has 1 aromatic heterocycles. The number of imidazole rings is 1. The maximum Gasteiger partial charge on any atom is 0.242 e. The van der Waals surface area contributed by atoms with Crippen LogP contribution in [-0.2, 0) is 16.1 Å². The van der Waals surface area contributed by atoms with Gasteiger partial charge in [0.1, 0.15) is 12.4 Å². The summed E-state index contributed by atoms with van der Waals surface area (Å²) in [5, 5.41) is 0. The fourth-order valence-corrected chi connectivity index (χ4v) is 5.12. The van der Waals surface area contributed by atoms with Crippen molar-refractivity contribution < 1.29 is 9.59 Å². The average molecular weight is 358 g/mol. The van der Waals surface area contributed by atoms with E-state index in [0.29, 0.717) is 31.6 Å². The summed E-state index contributed by atoms with van der Waals surface area (Å²) in [5.74, 6) is 1.28. The number of rotatable bonds is 3. The Bertz CT molecular complexity index is 679. The maximum atomic E-state index is 13.4. The number of hydrogen-bond donors (Lipinski definition) is 0. The predicted octanol–water partition coefficient (Wildman–Crippen LogP) is 2.37. The number of amides is 2. The molecule has 1 saturated carbocycles. The minimum atomic E-state index is -0.324. The third-order valence-electron chi connectivity index (χ3n) is 6.72. The Kier molecular flexibility index (Phi) is 4.76. The van der Waals surface area contributed by atoms with Crippen molar-refractivity contribution in [1.82, 2.24) is 19.4 Å². The molecule has 1 aliphatic carbocycles. The van der Waals surface area contributed by atoms with E-state index in [9.17, 15) is 9.59 Å². The van der Waals surface area contributed by atoms with Gasteiger partial charge in [-0.3, -0.25) is 9.59 Å². The van der Waals surface area contributed by atoms with Crippen LogP contribution in [0.1, 0.15) is 57.2 Å². The van der Waals surface area contributed by atoms with Gasteiger partial charge in [0.15, 0.2) is 0 Å². The van der Waals surface area contributed by atoms with Gasteiger partial charge in [-0.2, -0.15) is 0 Å². The van der Waals surface area contributed by atoms with Crippen molar-refractivity contribution in [2.45, 2.75) is 70.9 Å². The highest BCUT2D eigenvalue weighted by molar-refractivity contribution is 5.86. The van der Waals surface area contributed by atoms with E-state index in [1.807, 2.05) is 22.6 Å². The monoisotopic (exact) mass is 358 g/mol. The predicted molar refractivity (Wildman–Crippen MR) is 98.4 cm³/mol. The summed E-state index contributed by atoms with van der Waals surface area (Å²) in [7, 11) is 0. The standard InChI is InChI=1S/C20H30N4O2/c1-16-21-10-13-22(16)14-18(25)23-12-9-20(15-23)8-5-11-24(19(20)26)17-6-3-2-4-7-17/h10,13,17H,2-9,11-12,14-15H2,1H3. The van der Waals surface area contributed by atoms with Crippen LogP contribution in [0.5, 0.6) is 0 Å². The lowest BCUT2D eigenvalue weighted by molar-refractivity contribution is -0.149. The lowest BCUT2D eigenvalue weighted by Gasteiger charge is -2.44. The molecule has 1 spiro atoms. The second kappa shape index (κ2) is 7.05. The molecule has 142 valence electrons. The number of piperidine rings is 1. The molecule has 2 saturated heterocycles. The largest absolute Gasteiger partial charge is 0.340 e. The molecule has 1 unspecified atom stereocenters. The zero-order valence-electron chi connectivity index (χ0n) is 15.8. The highest BCUT2D eigenvalue weighted by Gasteiger charge is 2.50. The molecule has 1 atom stereocenters. The van der Waals surface area contributed by atoms with Crippen molar-refractivity contribution in [3.8, 4) is 0 Å². The van der Waals surface area contributed by atoms with E-state index in [2.05, 4.69) is 9.88 Å². The molecular weight excluding hydrogens is 328 g/mol. The molecule has 1 aromatic rings. The van der Waals surface area contributed by atoms with Crippen LogP contribution in [-0.4, -0.2) is 56.8 Å². The molecule has 26 heavy (non-hydrogen) atoms. The molecule has 4 rings (SSSR count). The van der Waals surface area contributed by atoms with E-state index in [4.69, 9.17) is 0 Å². The van der Waals surface area contributed by atoms with Crippen LogP contribution in [0.15, 0.2) is 12.4 Å². The zero-order chi connectivity index (χ0) is 18.1. The van der Waals surface area contributed by atoms with Gasteiger partial charge in [-0.05, 0) is 39.0 Å². The number of nitrogens with zero attached hydrogens (tertiary/aromatic N) is 4. The van der Waals surface area contributed by atoms with Crippen molar-refractivity contribution in [2.24, 2.45) is 5.41 Å². The highest BCUT2D eigenvalue weighted by Crippen LogP contribution is 2.42. The van der Waals surface area contributed by atoms with Crippen LogP contribution < -0.4 is 0 Å². The average Bonchev–Trinajstić information content (AvgIpc) is 3.26. The van der Waals surface area contributed by atoms with Crippen molar-refractivity contribution >= 4 is 11.8 Å². The molecule has 6 heteroatoms. The molecule has 0 aromatic carbocycles. The molecule has 0 bridgehead atoms. The molecule has 2 amide bonds. The van der Waals surface area contributed by atoms with Crippen LogP contribution in [0, 0.1) is 12.3 Å². The summed E-state index contributed by atoms with van der Waals surface area (Å²) in [6, 6.07) is 0.437. The fourth-order valence-electron chi connectivity index (χ4n) is 5.12. The second-order valence-electron chi connectivity index (χ2n) is 8.34. The van der Waals surface area contributed by atoms with Gasteiger partial charge in [0, 0.05) is 38.1 Å². The van der Waals surface area contributed by atoms with E-state index < -0.39 is 0 Å². The third kappa shape index (κ3) is 3.14. The van der Waals surface area contributed by atoms with Crippen LogP contribution in [0.4, 0.5) is 0 Å². The maximum absolute atomic E-state index is 13.4. The first kappa shape index (κ1) is 17.6. The lowest BCUT2D eigenvalue weighted by Crippen LogP contribution is -2.54. The first-order chi connectivity index (χ1) is 12.6. The normalized spacial score (nSPS) is 27.5. The Morgan fingerprint density at radius 3 is 2.73 bits per heavy atom. The molecule has 3 aliphatic rings. The molecule has 0 radical (unpaired) electrons. The summed E-state index contributed by atoms with van der Waals surface area (Å²) in [4.78, 5) is 34.4. The van der Waals surface area contributed by atoms with E-state index >= 15 is 0 Å². The summed E-state index contributed by atoms with van der Waals surface area (Å²) in [5.41, 5.74) is -0.324. The third-order valence-corrected chi connectivity index (χ3v) is 6.72.